The van der Waals surface area contributed by atoms with Gasteiger partial charge in [0.25, 0.3) is 5.91 Å². The molecule has 0 heterocycles. The molecule has 0 radical (unpaired) electrons. The molecule has 21 heavy (non-hydrogen) atoms. The number of para-hydroxylation sites is 1. The molecule has 2 aromatic rings. The molecule has 108 valence electrons. The van der Waals surface area contributed by atoms with Crippen LogP contribution in [0.5, 0.6) is 0 Å². The lowest BCUT2D eigenvalue weighted by Gasteiger charge is -2.08. The van der Waals surface area contributed by atoms with Crippen molar-refractivity contribution in [3.05, 3.63) is 63.7 Å². The maximum absolute atomic E-state index is 12.2. The highest BCUT2D eigenvalue weighted by Gasteiger charge is 2.23. The maximum Gasteiger partial charge on any atom is 0.304 e. The number of rotatable bonds is 4. The maximum atomic E-state index is 12.2. The summed E-state index contributed by atoms with van der Waals surface area (Å²) in [5.74, 6) is -0.553. The standard InChI is InChI=1S/C15H15N3O3/c1-2-10-5-3-6-11(9-10)17-15(19)12-7-4-8-13(16)14(12)18(20)21/h3-9H,2,16H2,1H3,(H,17,19). The second-order valence-electron chi connectivity index (χ2n) is 4.51. The van der Waals surface area contributed by atoms with Gasteiger partial charge in [0.15, 0.2) is 0 Å². The number of nitrogens with zero attached hydrogens (tertiary/aromatic N) is 1. The third kappa shape index (κ3) is 3.17. The summed E-state index contributed by atoms with van der Waals surface area (Å²) >= 11 is 0. The molecule has 2 rings (SSSR count). The SMILES string of the molecule is CCc1cccc(NC(=O)c2cccc(N)c2[N+](=O)[O-])c1. The number of aryl methyl sites for hydroxylation is 1. The van der Waals surface area contributed by atoms with E-state index in [1.54, 1.807) is 6.07 Å². The Morgan fingerprint density at radius 3 is 2.67 bits per heavy atom. The van der Waals surface area contributed by atoms with E-state index in [9.17, 15) is 14.9 Å². The highest BCUT2D eigenvalue weighted by Crippen LogP contribution is 2.26. The van der Waals surface area contributed by atoms with Crippen LogP contribution in [0.1, 0.15) is 22.8 Å². The van der Waals surface area contributed by atoms with E-state index in [-0.39, 0.29) is 16.9 Å². The van der Waals surface area contributed by atoms with E-state index >= 15 is 0 Å². The minimum atomic E-state index is -0.646. The average Bonchev–Trinajstić information content (AvgIpc) is 2.46. The number of carbonyl (C=O) groups is 1. The second-order valence-corrected chi connectivity index (χ2v) is 4.51. The van der Waals surface area contributed by atoms with E-state index < -0.39 is 10.8 Å². The highest BCUT2D eigenvalue weighted by atomic mass is 16.6. The van der Waals surface area contributed by atoms with Gasteiger partial charge in [-0.1, -0.05) is 25.1 Å². The first-order chi connectivity index (χ1) is 10.0. The van der Waals surface area contributed by atoms with Crippen molar-refractivity contribution in [3.63, 3.8) is 0 Å². The highest BCUT2D eigenvalue weighted by molar-refractivity contribution is 6.08. The van der Waals surface area contributed by atoms with Crippen LogP contribution in [0.15, 0.2) is 42.5 Å². The van der Waals surface area contributed by atoms with E-state index in [4.69, 9.17) is 5.73 Å². The van der Waals surface area contributed by atoms with Gasteiger partial charge in [-0.2, -0.15) is 0 Å². The molecule has 0 aromatic heterocycles. The molecule has 0 atom stereocenters. The second kappa shape index (κ2) is 6.04. The molecular formula is C15H15N3O3. The van der Waals surface area contributed by atoms with Crippen molar-refractivity contribution in [3.8, 4) is 0 Å². The summed E-state index contributed by atoms with van der Waals surface area (Å²) in [6.45, 7) is 2.00. The fourth-order valence-electron chi connectivity index (χ4n) is 2.02. The fraction of sp³-hybridized carbons (Fsp3) is 0.133. The van der Waals surface area contributed by atoms with Crippen LogP contribution >= 0.6 is 0 Å². The van der Waals surface area contributed by atoms with Crippen molar-refractivity contribution in [2.45, 2.75) is 13.3 Å². The third-order valence-electron chi connectivity index (χ3n) is 3.09. The lowest BCUT2D eigenvalue weighted by Crippen LogP contribution is -2.15. The Hall–Kier alpha value is -2.89. The van der Waals surface area contributed by atoms with Crippen molar-refractivity contribution in [2.24, 2.45) is 0 Å². The van der Waals surface area contributed by atoms with Gasteiger partial charge in [0.2, 0.25) is 0 Å². The fourth-order valence-corrected chi connectivity index (χ4v) is 2.02. The number of carbonyl (C=O) groups excluding carboxylic acids is 1. The smallest absolute Gasteiger partial charge is 0.304 e. The summed E-state index contributed by atoms with van der Waals surface area (Å²) in [4.78, 5) is 22.6. The molecule has 6 nitrogen and oxygen atoms in total. The number of nitro benzene ring substituents is 1. The average molecular weight is 285 g/mol. The normalized spacial score (nSPS) is 10.1. The zero-order chi connectivity index (χ0) is 15.4. The summed E-state index contributed by atoms with van der Waals surface area (Å²) in [6, 6.07) is 11.6. The summed E-state index contributed by atoms with van der Waals surface area (Å²) < 4.78 is 0. The minimum absolute atomic E-state index is 0.0324. The predicted molar refractivity (Wildman–Crippen MR) is 81.3 cm³/mol. The Balaban J connectivity index is 2.32. The topological polar surface area (TPSA) is 98.3 Å². The van der Waals surface area contributed by atoms with Crippen LogP contribution in [-0.2, 0) is 6.42 Å². The first-order valence-corrected chi connectivity index (χ1v) is 6.46. The number of nitrogens with two attached hydrogens (primary N) is 1. The summed E-state index contributed by atoms with van der Waals surface area (Å²) in [6.07, 6.45) is 0.835. The van der Waals surface area contributed by atoms with E-state index in [0.29, 0.717) is 5.69 Å². The number of nitrogens with one attached hydrogen (secondary N) is 1. The molecule has 1 amide bonds. The zero-order valence-corrected chi connectivity index (χ0v) is 11.5. The number of hydrogen-bond acceptors (Lipinski definition) is 4. The lowest BCUT2D eigenvalue weighted by atomic mass is 10.1. The Labute approximate surface area is 121 Å². The monoisotopic (exact) mass is 285 g/mol. The number of amides is 1. The molecule has 0 bridgehead atoms. The van der Waals surface area contributed by atoms with E-state index in [1.807, 2.05) is 25.1 Å². The molecule has 3 N–H and O–H groups in total. The van der Waals surface area contributed by atoms with Gasteiger partial charge in [-0.15, -0.1) is 0 Å². The van der Waals surface area contributed by atoms with Crippen molar-refractivity contribution < 1.29 is 9.72 Å². The van der Waals surface area contributed by atoms with Gasteiger partial charge in [-0.25, -0.2) is 0 Å². The Morgan fingerprint density at radius 1 is 1.29 bits per heavy atom. The Morgan fingerprint density at radius 2 is 2.00 bits per heavy atom. The first-order valence-electron chi connectivity index (χ1n) is 6.46. The van der Waals surface area contributed by atoms with Crippen molar-refractivity contribution in [1.29, 1.82) is 0 Å². The molecule has 0 spiro atoms. The van der Waals surface area contributed by atoms with Gasteiger partial charge < -0.3 is 11.1 Å². The van der Waals surface area contributed by atoms with Gasteiger partial charge in [0.05, 0.1) is 4.92 Å². The minimum Gasteiger partial charge on any atom is -0.393 e. The predicted octanol–water partition coefficient (Wildman–Crippen LogP) is 2.99. The van der Waals surface area contributed by atoms with Crippen molar-refractivity contribution in [1.82, 2.24) is 0 Å². The van der Waals surface area contributed by atoms with E-state index in [0.717, 1.165) is 12.0 Å². The molecule has 0 aliphatic heterocycles. The van der Waals surface area contributed by atoms with Gasteiger partial charge in [-0.3, -0.25) is 14.9 Å². The van der Waals surface area contributed by atoms with E-state index in [1.165, 1.54) is 18.2 Å². The summed E-state index contributed by atoms with van der Waals surface area (Å²) in [5, 5.41) is 13.7. The van der Waals surface area contributed by atoms with Crippen LogP contribution in [0, 0.1) is 10.1 Å². The molecule has 6 heteroatoms. The third-order valence-corrected chi connectivity index (χ3v) is 3.09. The van der Waals surface area contributed by atoms with Crippen LogP contribution < -0.4 is 11.1 Å². The van der Waals surface area contributed by atoms with Gasteiger partial charge >= 0.3 is 5.69 Å². The number of benzene rings is 2. The molecule has 0 aliphatic rings. The molecule has 2 aromatic carbocycles. The van der Waals surface area contributed by atoms with Crippen LogP contribution in [-0.4, -0.2) is 10.8 Å². The Kier molecular flexibility index (Phi) is 4.18. The van der Waals surface area contributed by atoms with Crippen LogP contribution in [0.4, 0.5) is 17.1 Å². The number of hydrogen-bond donors (Lipinski definition) is 2. The van der Waals surface area contributed by atoms with Gasteiger partial charge in [0, 0.05) is 5.69 Å². The molecule has 0 saturated carbocycles. The molecular weight excluding hydrogens is 270 g/mol. The first kappa shape index (κ1) is 14.5. The lowest BCUT2D eigenvalue weighted by molar-refractivity contribution is -0.384. The number of anilines is 2. The Bertz CT molecular complexity index is 698. The molecule has 0 saturated heterocycles. The molecule has 0 aliphatic carbocycles. The molecule has 0 fully saturated rings. The largest absolute Gasteiger partial charge is 0.393 e. The quantitative estimate of drug-likeness (QED) is 0.512. The zero-order valence-electron chi connectivity index (χ0n) is 11.5. The van der Waals surface area contributed by atoms with Crippen molar-refractivity contribution in [2.75, 3.05) is 11.1 Å². The number of nitrogen functional groups attached to an aromatic ring is 1. The van der Waals surface area contributed by atoms with Gasteiger partial charge in [0.1, 0.15) is 11.3 Å². The van der Waals surface area contributed by atoms with Crippen LogP contribution in [0.25, 0.3) is 0 Å². The van der Waals surface area contributed by atoms with Gasteiger partial charge in [-0.05, 0) is 36.2 Å². The summed E-state index contributed by atoms with van der Waals surface area (Å²) in [5.41, 5.74) is 6.78. The molecule has 0 unspecified atom stereocenters. The number of nitro groups is 1. The van der Waals surface area contributed by atoms with E-state index in [2.05, 4.69) is 5.32 Å². The van der Waals surface area contributed by atoms with Crippen LogP contribution in [0.2, 0.25) is 0 Å². The van der Waals surface area contributed by atoms with Crippen LogP contribution in [0.3, 0.4) is 0 Å². The summed E-state index contributed by atoms with van der Waals surface area (Å²) in [7, 11) is 0. The van der Waals surface area contributed by atoms with Crippen molar-refractivity contribution >= 4 is 23.0 Å².